The summed E-state index contributed by atoms with van der Waals surface area (Å²) in [6, 6.07) is 3.57. The SMILES string of the molecule is O=C(O)c1ccc(CNc2nccc(C(F)(F)F)n2)cn1. The zero-order chi connectivity index (χ0) is 15.5. The van der Waals surface area contributed by atoms with E-state index in [0.717, 1.165) is 12.3 Å². The molecule has 21 heavy (non-hydrogen) atoms. The van der Waals surface area contributed by atoms with Crippen LogP contribution in [0, 0.1) is 0 Å². The van der Waals surface area contributed by atoms with E-state index in [2.05, 4.69) is 20.3 Å². The van der Waals surface area contributed by atoms with Gasteiger partial charge in [-0.1, -0.05) is 6.07 Å². The summed E-state index contributed by atoms with van der Waals surface area (Å²) in [6.07, 6.45) is -2.22. The molecular weight excluding hydrogens is 289 g/mol. The van der Waals surface area contributed by atoms with E-state index < -0.39 is 17.8 Å². The van der Waals surface area contributed by atoms with Crippen LogP contribution >= 0.6 is 0 Å². The number of alkyl halides is 3. The molecular formula is C12H9F3N4O2. The fourth-order valence-corrected chi connectivity index (χ4v) is 1.44. The first-order chi connectivity index (χ1) is 9.86. The summed E-state index contributed by atoms with van der Waals surface area (Å²) in [5, 5.41) is 11.3. The maximum Gasteiger partial charge on any atom is 0.433 e. The molecule has 2 N–H and O–H groups in total. The van der Waals surface area contributed by atoms with Crippen LogP contribution in [-0.4, -0.2) is 26.0 Å². The molecule has 0 unspecified atom stereocenters. The number of pyridine rings is 1. The number of carboxylic acids is 1. The van der Waals surface area contributed by atoms with Gasteiger partial charge in [0.25, 0.3) is 0 Å². The third kappa shape index (κ3) is 3.88. The van der Waals surface area contributed by atoms with E-state index in [-0.39, 0.29) is 18.2 Å². The lowest BCUT2D eigenvalue weighted by atomic mass is 10.2. The van der Waals surface area contributed by atoms with Gasteiger partial charge in [0.1, 0.15) is 11.4 Å². The number of hydrogen-bond acceptors (Lipinski definition) is 5. The van der Waals surface area contributed by atoms with Gasteiger partial charge in [0.05, 0.1) is 0 Å². The number of carbonyl (C=O) groups is 1. The van der Waals surface area contributed by atoms with Gasteiger partial charge in [-0.15, -0.1) is 0 Å². The van der Waals surface area contributed by atoms with Crippen LogP contribution in [0.4, 0.5) is 19.1 Å². The number of aromatic nitrogens is 3. The fourth-order valence-electron chi connectivity index (χ4n) is 1.44. The first kappa shape index (κ1) is 14.7. The lowest BCUT2D eigenvalue weighted by molar-refractivity contribution is -0.141. The second-order valence-corrected chi connectivity index (χ2v) is 3.97. The number of carboxylic acid groups (broad SMARTS) is 1. The van der Waals surface area contributed by atoms with Crippen LogP contribution in [0.15, 0.2) is 30.6 Å². The van der Waals surface area contributed by atoms with Crippen molar-refractivity contribution in [2.24, 2.45) is 0 Å². The van der Waals surface area contributed by atoms with Gasteiger partial charge in [-0.25, -0.2) is 19.7 Å². The third-order valence-corrected chi connectivity index (χ3v) is 2.44. The van der Waals surface area contributed by atoms with E-state index in [1.165, 1.54) is 18.3 Å². The molecule has 0 saturated heterocycles. The normalized spacial score (nSPS) is 11.2. The smallest absolute Gasteiger partial charge is 0.433 e. The molecule has 0 saturated carbocycles. The fraction of sp³-hybridized carbons (Fsp3) is 0.167. The molecule has 6 nitrogen and oxygen atoms in total. The van der Waals surface area contributed by atoms with Crippen LogP contribution in [0.2, 0.25) is 0 Å². The minimum atomic E-state index is -4.54. The third-order valence-electron chi connectivity index (χ3n) is 2.44. The van der Waals surface area contributed by atoms with Crippen LogP contribution in [0.1, 0.15) is 21.7 Å². The minimum absolute atomic E-state index is 0.117. The molecule has 9 heteroatoms. The largest absolute Gasteiger partial charge is 0.477 e. The summed E-state index contributed by atoms with van der Waals surface area (Å²) < 4.78 is 37.4. The molecule has 0 spiro atoms. The van der Waals surface area contributed by atoms with Crippen molar-refractivity contribution >= 4 is 11.9 Å². The molecule has 0 fully saturated rings. The van der Waals surface area contributed by atoms with E-state index in [9.17, 15) is 18.0 Å². The van der Waals surface area contributed by atoms with E-state index in [1.54, 1.807) is 0 Å². The average Bonchev–Trinajstić information content (AvgIpc) is 2.45. The van der Waals surface area contributed by atoms with Crippen molar-refractivity contribution in [2.75, 3.05) is 5.32 Å². The number of aromatic carboxylic acids is 1. The molecule has 0 bridgehead atoms. The highest BCUT2D eigenvalue weighted by Gasteiger charge is 2.32. The monoisotopic (exact) mass is 298 g/mol. The van der Waals surface area contributed by atoms with E-state index in [1.807, 2.05) is 0 Å². The summed E-state index contributed by atoms with van der Waals surface area (Å²) in [7, 11) is 0. The molecule has 0 atom stereocenters. The first-order valence-electron chi connectivity index (χ1n) is 5.68. The van der Waals surface area contributed by atoms with Crippen molar-refractivity contribution in [3.63, 3.8) is 0 Å². The summed E-state index contributed by atoms with van der Waals surface area (Å²) in [6.45, 7) is 0.119. The second kappa shape index (κ2) is 5.73. The quantitative estimate of drug-likeness (QED) is 0.899. The Bertz CT molecular complexity index is 644. The maximum atomic E-state index is 12.5. The van der Waals surface area contributed by atoms with Crippen LogP contribution in [-0.2, 0) is 12.7 Å². The van der Waals surface area contributed by atoms with Gasteiger partial charge in [0.15, 0.2) is 0 Å². The average molecular weight is 298 g/mol. The zero-order valence-corrected chi connectivity index (χ0v) is 10.4. The molecule has 0 radical (unpaired) electrons. The Hall–Kier alpha value is -2.71. The molecule has 0 aliphatic carbocycles. The van der Waals surface area contributed by atoms with Crippen LogP contribution in [0.25, 0.3) is 0 Å². The topological polar surface area (TPSA) is 88.0 Å². The zero-order valence-electron chi connectivity index (χ0n) is 10.4. The number of hydrogen-bond donors (Lipinski definition) is 2. The molecule has 110 valence electrons. The Balaban J connectivity index is 2.04. The predicted octanol–water partition coefficient (Wildman–Crippen LogP) is 2.20. The standard InChI is InChI=1S/C12H9F3N4O2/c13-12(14,15)9-3-4-16-11(19-9)18-6-7-1-2-8(10(20)21)17-5-7/h1-5H,6H2,(H,20,21)(H,16,18,19). The lowest BCUT2D eigenvalue weighted by Gasteiger charge is -2.08. The summed E-state index contributed by atoms with van der Waals surface area (Å²) in [4.78, 5) is 21.3. The Morgan fingerprint density at radius 1 is 1.24 bits per heavy atom. The lowest BCUT2D eigenvalue weighted by Crippen LogP contribution is -2.11. The van der Waals surface area contributed by atoms with E-state index in [4.69, 9.17) is 5.11 Å². The Labute approximate surface area is 116 Å². The number of anilines is 1. The second-order valence-electron chi connectivity index (χ2n) is 3.97. The molecule has 0 amide bonds. The summed E-state index contributed by atoms with van der Waals surface area (Å²) in [5.41, 5.74) is -0.575. The highest BCUT2D eigenvalue weighted by atomic mass is 19.4. The van der Waals surface area contributed by atoms with Crippen LogP contribution < -0.4 is 5.32 Å². The number of halogens is 3. The Kier molecular flexibility index (Phi) is 4.01. The highest BCUT2D eigenvalue weighted by molar-refractivity contribution is 5.85. The number of nitrogens with one attached hydrogen (secondary N) is 1. The van der Waals surface area contributed by atoms with Crippen molar-refractivity contribution in [2.45, 2.75) is 12.7 Å². The van der Waals surface area contributed by atoms with Crippen molar-refractivity contribution in [1.82, 2.24) is 15.0 Å². The van der Waals surface area contributed by atoms with Crippen molar-refractivity contribution in [1.29, 1.82) is 0 Å². The number of rotatable bonds is 4. The summed E-state index contributed by atoms with van der Waals surface area (Å²) >= 11 is 0. The molecule has 2 rings (SSSR count). The van der Waals surface area contributed by atoms with Crippen LogP contribution in [0.5, 0.6) is 0 Å². The van der Waals surface area contributed by atoms with Gasteiger partial charge in [0, 0.05) is 18.9 Å². The first-order valence-corrected chi connectivity index (χ1v) is 5.68. The maximum absolute atomic E-state index is 12.5. The van der Waals surface area contributed by atoms with Gasteiger partial charge in [-0.2, -0.15) is 13.2 Å². The molecule has 2 aromatic rings. The molecule has 0 aliphatic heterocycles. The molecule has 0 aromatic carbocycles. The van der Waals surface area contributed by atoms with Crippen LogP contribution in [0.3, 0.4) is 0 Å². The predicted molar refractivity (Wildman–Crippen MR) is 65.6 cm³/mol. The van der Waals surface area contributed by atoms with E-state index >= 15 is 0 Å². The Morgan fingerprint density at radius 3 is 2.57 bits per heavy atom. The number of nitrogens with zero attached hydrogens (tertiary/aromatic N) is 3. The molecule has 2 aromatic heterocycles. The molecule has 0 aliphatic rings. The Morgan fingerprint density at radius 2 is 2.00 bits per heavy atom. The summed E-state index contributed by atoms with van der Waals surface area (Å²) in [5.74, 6) is -1.33. The van der Waals surface area contributed by atoms with Gasteiger partial charge >= 0.3 is 12.1 Å². The van der Waals surface area contributed by atoms with Gasteiger partial charge in [0.2, 0.25) is 5.95 Å². The van der Waals surface area contributed by atoms with Crippen molar-refractivity contribution < 1.29 is 23.1 Å². The van der Waals surface area contributed by atoms with Crippen molar-refractivity contribution in [3.05, 3.63) is 47.5 Å². The van der Waals surface area contributed by atoms with E-state index in [0.29, 0.717) is 5.56 Å². The van der Waals surface area contributed by atoms with Crippen molar-refractivity contribution in [3.8, 4) is 0 Å². The van der Waals surface area contributed by atoms with Gasteiger partial charge < -0.3 is 10.4 Å². The highest BCUT2D eigenvalue weighted by Crippen LogP contribution is 2.27. The van der Waals surface area contributed by atoms with Gasteiger partial charge in [-0.3, -0.25) is 0 Å². The molecule has 2 heterocycles. The minimum Gasteiger partial charge on any atom is -0.477 e. The van der Waals surface area contributed by atoms with Gasteiger partial charge in [-0.05, 0) is 17.7 Å².